The number of carboxylic acid groups (broad SMARTS) is 1. The van der Waals surface area contributed by atoms with Crippen molar-refractivity contribution in [2.24, 2.45) is 0 Å². The van der Waals surface area contributed by atoms with Crippen molar-refractivity contribution in [1.82, 2.24) is 9.88 Å². The van der Waals surface area contributed by atoms with E-state index in [0.29, 0.717) is 6.04 Å². The summed E-state index contributed by atoms with van der Waals surface area (Å²) in [4.78, 5) is 15.5. The van der Waals surface area contributed by atoms with Gasteiger partial charge in [0.25, 0.3) is 5.97 Å². The minimum Gasteiger partial charge on any atom is -0.481 e. The Balaban J connectivity index is 0.000000280. The SMILES string of the molecule is CC(=O)O.CN1CCC[C@H]1c1cccnc1. The number of pyridine rings is 1. The lowest BCUT2D eigenvalue weighted by atomic mass is 10.1. The van der Waals surface area contributed by atoms with E-state index >= 15 is 0 Å². The lowest BCUT2D eigenvalue weighted by molar-refractivity contribution is -0.134. The topological polar surface area (TPSA) is 53.4 Å². The van der Waals surface area contributed by atoms with Gasteiger partial charge in [-0.15, -0.1) is 0 Å². The molecule has 1 aliphatic heterocycles. The molecule has 4 heteroatoms. The molecule has 2 rings (SSSR count). The summed E-state index contributed by atoms with van der Waals surface area (Å²) in [5, 5.41) is 7.42. The second-order valence-corrected chi connectivity index (χ2v) is 3.94. The fraction of sp³-hybridized carbons (Fsp3) is 0.500. The summed E-state index contributed by atoms with van der Waals surface area (Å²) < 4.78 is 0. The second-order valence-electron chi connectivity index (χ2n) is 3.94. The van der Waals surface area contributed by atoms with Gasteiger partial charge in [-0.05, 0) is 38.1 Å². The summed E-state index contributed by atoms with van der Waals surface area (Å²) in [5.74, 6) is -0.833. The Hall–Kier alpha value is -1.42. The molecule has 1 aliphatic rings. The molecule has 1 fully saturated rings. The number of carboxylic acids is 1. The van der Waals surface area contributed by atoms with Crippen LogP contribution in [0, 0.1) is 0 Å². The van der Waals surface area contributed by atoms with Crippen molar-refractivity contribution in [3.63, 3.8) is 0 Å². The first kappa shape index (κ1) is 12.6. The molecule has 1 saturated heterocycles. The van der Waals surface area contributed by atoms with Crippen LogP contribution < -0.4 is 0 Å². The maximum absolute atomic E-state index is 9.00. The summed E-state index contributed by atoms with van der Waals surface area (Å²) in [6, 6.07) is 4.79. The van der Waals surface area contributed by atoms with E-state index in [2.05, 4.69) is 23.0 Å². The van der Waals surface area contributed by atoms with Crippen LogP contribution in [-0.2, 0) is 4.79 Å². The smallest absolute Gasteiger partial charge is 0.300 e. The van der Waals surface area contributed by atoms with E-state index in [9.17, 15) is 0 Å². The molecular formula is C12H18N2O2. The largest absolute Gasteiger partial charge is 0.481 e. The van der Waals surface area contributed by atoms with Crippen LogP contribution in [0.15, 0.2) is 24.5 Å². The van der Waals surface area contributed by atoms with Gasteiger partial charge in [0.15, 0.2) is 0 Å². The fourth-order valence-corrected chi connectivity index (χ4v) is 1.90. The summed E-state index contributed by atoms with van der Waals surface area (Å²) in [5.41, 5.74) is 1.36. The van der Waals surface area contributed by atoms with E-state index in [1.165, 1.54) is 24.9 Å². The summed E-state index contributed by atoms with van der Waals surface area (Å²) in [6.07, 6.45) is 6.41. The highest BCUT2D eigenvalue weighted by Crippen LogP contribution is 2.29. The molecule has 88 valence electrons. The Morgan fingerprint density at radius 2 is 2.31 bits per heavy atom. The van der Waals surface area contributed by atoms with Crippen molar-refractivity contribution < 1.29 is 9.90 Å². The third-order valence-electron chi connectivity index (χ3n) is 2.59. The third kappa shape index (κ3) is 3.98. The Bertz CT molecular complexity index is 323. The number of hydrogen-bond acceptors (Lipinski definition) is 3. The van der Waals surface area contributed by atoms with Crippen molar-refractivity contribution in [3.8, 4) is 0 Å². The molecule has 0 amide bonds. The minimum atomic E-state index is -0.833. The van der Waals surface area contributed by atoms with Crippen LogP contribution in [0.3, 0.4) is 0 Å². The molecule has 0 aromatic carbocycles. The van der Waals surface area contributed by atoms with Crippen molar-refractivity contribution in [1.29, 1.82) is 0 Å². The van der Waals surface area contributed by atoms with E-state index in [1.807, 2.05) is 18.5 Å². The zero-order valence-corrected chi connectivity index (χ0v) is 9.76. The molecule has 16 heavy (non-hydrogen) atoms. The maximum atomic E-state index is 9.00. The van der Waals surface area contributed by atoms with E-state index < -0.39 is 5.97 Å². The molecule has 1 atom stereocenters. The standard InChI is InChI=1S/C10H14N2.C2H4O2/c1-12-7-3-5-10(12)9-4-2-6-11-8-9;1-2(3)4/h2,4,6,8,10H,3,5,7H2,1H3;1H3,(H,3,4)/t10-;/m0./s1. The predicted octanol–water partition coefficient (Wildman–Crippen LogP) is 1.94. The normalized spacial score (nSPS) is 20.0. The van der Waals surface area contributed by atoms with Gasteiger partial charge in [-0.25, -0.2) is 0 Å². The average Bonchev–Trinajstić information content (AvgIpc) is 2.65. The maximum Gasteiger partial charge on any atom is 0.300 e. The quantitative estimate of drug-likeness (QED) is 0.789. The number of nitrogens with zero attached hydrogens (tertiary/aromatic N) is 2. The van der Waals surface area contributed by atoms with Gasteiger partial charge in [0.05, 0.1) is 0 Å². The Kier molecular flexibility index (Phi) is 4.92. The van der Waals surface area contributed by atoms with Crippen molar-refractivity contribution in [3.05, 3.63) is 30.1 Å². The number of hydrogen-bond donors (Lipinski definition) is 1. The molecule has 0 spiro atoms. The zero-order valence-electron chi connectivity index (χ0n) is 9.76. The number of rotatable bonds is 1. The van der Waals surface area contributed by atoms with E-state index in [-0.39, 0.29) is 0 Å². The first-order chi connectivity index (χ1) is 7.61. The highest BCUT2D eigenvalue weighted by molar-refractivity contribution is 5.62. The number of likely N-dealkylation sites (tertiary alicyclic amines) is 1. The molecule has 0 radical (unpaired) electrons. The molecule has 1 aromatic rings. The van der Waals surface area contributed by atoms with Crippen LogP contribution in [0.4, 0.5) is 0 Å². The van der Waals surface area contributed by atoms with E-state index in [0.717, 1.165) is 6.92 Å². The molecular weight excluding hydrogens is 204 g/mol. The molecule has 0 saturated carbocycles. The van der Waals surface area contributed by atoms with Gasteiger partial charge < -0.3 is 5.11 Å². The van der Waals surface area contributed by atoms with Gasteiger partial charge in [0.1, 0.15) is 0 Å². The van der Waals surface area contributed by atoms with Crippen LogP contribution in [-0.4, -0.2) is 34.6 Å². The Morgan fingerprint density at radius 1 is 1.62 bits per heavy atom. The predicted molar refractivity (Wildman–Crippen MR) is 62.2 cm³/mol. The van der Waals surface area contributed by atoms with E-state index in [1.54, 1.807) is 0 Å². The average molecular weight is 222 g/mol. The highest BCUT2D eigenvalue weighted by Gasteiger charge is 2.21. The summed E-state index contributed by atoms with van der Waals surface area (Å²) in [7, 11) is 2.19. The van der Waals surface area contributed by atoms with Crippen LogP contribution >= 0.6 is 0 Å². The van der Waals surface area contributed by atoms with Gasteiger partial charge in [-0.2, -0.15) is 0 Å². The Morgan fingerprint density at radius 3 is 2.75 bits per heavy atom. The minimum absolute atomic E-state index is 0.610. The van der Waals surface area contributed by atoms with Gasteiger partial charge in [0.2, 0.25) is 0 Å². The third-order valence-corrected chi connectivity index (χ3v) is 2.59. The van der Waals surface area contributed by atoms with Crippen LogP contribution in [0.5, 0.6) is 0 Å². The number of aromatic nitrogens is 1. The van der Waals surface area contributed by atoms with Gasteiger partial charge >= 0.3 is 0 Å². The first-order valence-corrected chi connectivity index (χ1v) is 5.41. The monoisotopic (exact) mass is 222 g/mol. The molecule has 2 heterocycles. The van der Waals surface area contributed by atoms with Crippen molar-refractivity contribution in [2.45, 2.75) is 25.8 Å². The van der Waals surface area contributed by atoms with Crippen LogP contribution in [0.1, 0.15) is 31.4 Å². The van der Waals surface area contributed by atoms with Crippen molar-refractivity contribution in [2.75, 3.05) is 13.6 Å². The van der Waals surface area contributed by atoms with Crippen LogP contribution in [0.2, 0.25) is 0 Å². The molecule has 0 bridgehead atoms. The molecule has 4 nitrogen and oxygen atoms in total. The second kappa shape index (κ2) is 6.23. The number of carbonyl (C=O) groups is 1. The highest BCUT2D eigenvalue weighted by atomic mass is 16.4. The summed E-state index contributed by atoms with van der Waals surface area (Å²) in [6.45, 7) is 2.31. The molecule has 1 aromatic heterocycles. The van der Waals surface area contributed by atoms with Gasteiger partial charge in [0, 0.05) is 25.4 Å². The fourth-order valence-electron chi connectivity index (χ4n) is 1.90. The molecule has 0 unspecified atom stereocenters. The van der Waals surface area contributed by atoms with Crippen LogP contribution in [0.25, 0.3) is 0 Å². The lowest BCUT2D eigenvalue weighted by Gasteiger charge is -2.18. The van der Waals surface area contributed by atoms with Gasteiger partial charge in [-0.1, -0.05) is 6.07 Å². The first-order valence-electron chi connectivity index (χ1n) is 5.41. The van der Waals surface area contributed by atoms with E-state index in [4.69, 9.17) is 9.90 Å². The Labute approximate surface area is 95.9 Å². The lowest BCUT2D eigenvalue weighted by Crippen LogP contribution is -2.17. The summed E-state index contributed by atoms with van der Waals surface area (Å²) >= 11 is 0. The van der Waals surface area contributed by atoms with Crippen molar-refractivity contribution >= 4 is 5.97 Å². The zero-order chi connectivity index (χ0) is 12.0. The molecule has 0 aliphatic carbocycles. The molecule has 1 N–H and O–H groups in total. The van der Waals surface area contributed by atoms with Gasteiger partial charge in [-0.3, -0.25) is 14.7 Å². The number of aliphatic carboxylic acids is 1.